The van der Waals surface area contributed by atoms with Gasteiger partial charge in [-0.3, -0.25) is 5.10 Å². The van der Waals surface area contributed by atoms with Crippen molar-refractivity contribution >= 4 is 5.71 Å². The van der Waals surface area contributed by atoms with E-state index in [0.717, 1.165) is 18.6 Å². The molecule has 4 nitrogen and oxygen atoms in total. The number of nitrogens with one attached hydrogen (secondary N) is 1. The van der Waals surface area contributed by atoms with Crippen LogP contribution in [0.5, 0.6) is 0 Å². The van der Waals surface area contributed by atoms with Gasteiger partial charge in [0.2, 0.25) is 0 Å². The molecule has 1 aromatic rings. The first-order valence-corrected chi connectivity index (χ1v) is 4.57. The van der Waals surface area contributed by atoms with E-state index >= 15 is 0 Å². The molecule has 4 heteroatoms. The van der Waals surface area contributed by atoms with Crippen LogP contribution < -0.4 is 0 Å². The number of hydrogen-bond donors (Lipinski definition) is 2. The number of aromatic amines is 1. The highest BCUT2D eigenvalue weighted by Crippen LogP contribution is 2.13. The normalized spacial score (nSPS) is 15.8. The molecule has 0 atom stereocenters. The number of H-pyrrole nitrogens is 1. The highest BCUT2D eigenvalue weighted by Gasteiger charge is 2.05. The van der Waals surface area contributed by atoms with Crippen molar-refractivity contribution in [1.82, 2.24) is 10.2 Å². The summed E-state index contributed by atoms with van der Waals surface area (Å²) in [4.78, 5) is 0. The van der Waals surface area contributed by atoms with Gasteiger partial charge in [-0.05, 0) is 31.7 Å². The lowest BCUT2D eigenvalue weighted by atomic mass is 9.99. The van der Waals surface area contributed by atoms with E-state index in [4.69, 9.17) is 5.21 Å². The zero-order chi connectivity index (χ0) is 9.36. The van der Waals surface area contributed by atoms with Crippen LogP contribution in [0.1, 0.15) is 32.1 Å². The molecule has 0 radical (unpaired) electrons. The molecule has 0 spiro atoms. The summed E-state index contributed by atoms with van der Waals surface area (Å²) in [6.07, 6.45) is 9.20. The summed E-state index contributed by atoms with van der Waals surface area (Å²) >= 11 is 0. The largest absolute Gasteiger partial charge is 0.411 e. The Hall–Kier alpha value is -1.32. The van der Waals surface area contributed by atoms with Gasteiger partial charge in [-0.2, -0.15) is 5.10 Å². The Kier molecular flexibility index (Phi) is 4.68. The molecule has 2 N–H and O–H groups in total. The molecular formula is C9H15N3O. The summed E-state index contributed by atoms with van der Waals surface area (Å²) in [5, 5.41) is 17.7. The fraction of sp³-hybridized carbons (Fsp3) is 0.556. The van der Waals surface area contributed by atoms with Crippen molar-refractivity contribution in [2.45, 2.75) is 32.1 Å². The number of nitrogens with zero attached hydrogens (tertiary/aromatic N) is 2. The number of hydrogen-bond acceptors (Lipinski definition) is 3. The smallest absolute Gasteiger partial charge is 0.0570 e. The maximum Gasteiger partial charge on any atom is 0.0570 e. The summed E-state index contributed by atoms with van der Waals surface area (Å²) in [5.74, 6) is 0. The summed E-state index contributed by atoms with van der Waals surface area (Å²) in [5.41, 5.74) is 0.983. The maximum absolute atomic E-state index is 8.28. The summed E-state index contributed by atoms with van der Waals surface area (Å²) in [6.45, 7) is 0. The minimum atomic E-state index is 0.983. The fourth-order valence-corrected chi connectivity index (χ4v) is 1.28. The van der Waals surface area contributed by atoms with Crippen LogP contribution in [-0.2, 0) is 0 Å². The van der Waals surface area contributed by atoms with Crippen LogP contribution in [0, 0.1) is 0 Å². The third-order valence-corrected chi connectivity index (χ3v) is 1.98. The Labute approximate surface area is 77.7 Å². The fourth-order valence-electron chi connectivity index (χ4n) is 1.28. The van der Waals surface area contributed by atoms with Gasteiger partial charge in [0.05, 0.1) is 5.71 Å². The van der Waals surface area contributed by atoms with Gasteiger partial charge in [0.15, 0.2) is 0 Å². The molecule has 72 valence electrons. The molecule has 2 rings (SSSR count). The van der Waals surface area contributed by atoms with E-state index < -0.39 is 0 Å². The number of oxime groups is 1. The van der Waals surface area contributed by atoms with Crippen molar-refractivity contribution in [3.05, 3.63) is 18.5 Å². The van der Waals surface area contributed by atoms with Gasteiger partial charge < -0.3 is 5.21 Å². The Morgan fingerprint density at radius 1 is 1.31 bits per heavy atom. The highest BCUT2D eigenvalue weighted by molar-refractivity contribution is 5.84. The molecule has 1 heterocycles. The van der Waals surface area contributed by atoms with Crippen molar-refractivity contribution in [3.8, 4) is 0 Å². The van der Waals surface area contributed by atoms with Crippen LogP contribution in [0.3, 0.4) is 0 Å². The second-order valence-corrected chi connectivity index (χ2v) is 2.99. The van der Waals surface area contributed by atoms with Crippen molar-refractivity contribution < 1.29 is 5.21 Å². The predicted octanol–water partition coefficient (Wildman–Crippen LogP) is 2.19. The highest BCUT2D eigenvalue weighted by atomic mass is 16.4. The van der Waals surface area contributed by atoms with Gasteiger partial charge in [0, 0.05) is 12.4 Å². The van der Waals surface area contributed by atoms with Crippen LogP contribution in [0.15, 0.2) is 23.6 Å². The van der Waals surface area contributed by atoms with Crippen LogP contribution in [0.25, 0.3) is 0 Å². The van der Waals surface area contributed by atoms with Crippen LogP contribution in [0.4, 0.5) is 0 Å². The van der Waals surface area contributed by atoms with Crippen molar-refractivity contribution in [2.75, 3.05) is 0 Å². The molecule has 1 aromatic heterocycles. The van der Waals surface area contributed by atoms with E-state index in [1.807, 2.05) is 6.07 Å². The van der Waals surface area contributed by atoms with Crippen molar-refractivity contribution in [1.29, 1.82) is 0 Å². The molecule has 1 saturated carbocycles. The standard InChI is InChI=1S/C6H11NO.C3H4N2/c8-7-6-4-2-1-3-5-6;1-2-4-5-3-1/h8H,1-5H2;1-3H,(H,4,5). The van der Waals surface area contributed by atoms with Gasteiger partial charge in [-0.25, -0.2) is 0 Å². The van der Waals surface area contributed by atoms with Crippen LogP contribution >= 0.6 is 0 Å². The lowest BCUT2D eigenvalue weighted by Crippen LogP contribution is -2.03. The Bertz CT molecular complexity index is 206. The monoisotopic (exact) mass is 181 g/mol. The third-order valence-electron chi connectivity index (χ3n) is 1.98. The van der Waals surface area contributed by atoms with E-state index in [1.54, 1.807) is 12.4 Å². The molecule has 0 saturated heterocycles. The second kappa shape index (κ2) is 6.22. The average molecular weight is 181 g/mol. The molecular weight excluding hydrogens is 166 g/mol. The van der Waals surface area contributed by atoms with E-state index in [9.17, 15) is 0 Å². The molecule has 1 aliphatic rings. The van der Waals surface area contributed by atoms with Crippen molar-refractivity contribution in [2.24, 2.45) is 5.16 Å². The lowest BCUT2D eigenvalue weighted by Gasteiger charge is -2.08. The molecule has 1 aliphatic carbocycles. The van der Waals surface area contributed by atoms with E-state index in [-0.39, 0.29) is 0 Å². The molecule has 0 aliphatic heterocycles. The Balaban J connectivity index is 0.000000145. The Morgan fingerprint density at radius 2 is 2.08 bits per heavy atom. The maximum atomic E-state index is 8.28. The first-order chi connectivity index (χ1) is 6.43. The van der Waals surface area contributed by atoms with Gasteiger partial charge in [0.1, 0.15) is 0 Å². The van der Waals surface area contributed by atoms with Gasteiger partial charge >= 0.3 is 0 Å². The molecule has 0 amide bonds. The van der Waals surface area contributed by atoms with E-state index in [0.29, 0.717) is 0 Å². The summed E-state index contributed by atoms with van der Waals surface area (Å²) < 4.78 is 0. The lowest BCUT2D eigenvalue weighted by molar-refractivity contribution is 0.314. The number of aromatic nitrogens is 2. The minimum Gasteiger partial charge on any atom is -0.411 e. The average Bonchev–Trinajstić information content (AvgIpc) is 2.77. The SMILES string of the molecule is ON=C1CCCCC1.c1cn[nH]c1. The quantitative estimate of drug-likeness (QED) is 0.476. The predicted molar refractivity (Wildman–Crippen MR) is 50.9 cm³/mol. The van der Waals surface area contributed by atoms with Gasteiger partial charge in [0.25, 0.3) is 0 Å². The van der Waals surface area contributed by atoms with E-state index in [2.05, 4.69) is 15.4 Å². The van der Waals surface area contributed by atoms with Crippen molar-refractivity contribution in [3.63, 3.8) is 0 Å². The topological polar surface area (TPSA) is 61.3 Å². The molecule has 0 unspecified atom stereocenters. The molecule has 13 heavy (non-hydrogen) atoms. The van der Waals surface area contributed by atoms with Gasteiger partial charge in [-0.15, -0.1) is 0 Å². The minimum absolute atomic E-state index is 0.983. The van der Waals surface area contributed by atoms with Crippen LogP contribution in [-0.4, -0.2) is 21.1 Å². The molecule has 0 bridgehead atoms. The summed E-state index contributed by atoms with van der Waals surface area (Å²) in [6, 6.07) is 1.83. The first-order valence-electron chi connectivity index (χ1n) is 4.57. The summed E-state index contributed by atoms with van der Waals surface area (Å²) in [7, 11) is 0. The Morgan fingerprint density at radius 3 is 2.38 bits per heavy atom. The zero-order valence-electron chi connectivity index (χ0n) is 7.61. The molecule has 1 fully saturated rings. The second-order valence-electron chi connectivity index (χ2n) is 2.99. The van der Waals surface area contributed by atoms with Gasteiger partial charge in [-0.1, -0.05) is 11.6 Å². The van der Waals surface area contributed by atoms with Crippen LogP contribution in [0.2, 0.25) is 0 Å². The zero-order valence-corrected chi connectivity index (χ0v) is 7.61. The number of rotatable bonds is 0. The molecule has 0 aromatic carbocycles. The first kappa shape index (κ1) is 9.77. The third kappa shape index (κ3) is 4.30. The van der Waals surface area contributed by atoms with E-state index in [1.165, 1.54) is 19.3 Å².